The average Bonchev–Trinajstić information content (AvgIpc) is 2.76. The highest BCUT2D eigenvalue weighted by Crippen LogP contribution is 2.29. The van der Waals surface area contributed by atoms with Crippen LogP contribution in [0.3, 0.4) is 0 Å². The molecule has 2 heterocycles. The van der Waals surface area contributed by atoms with E-state index in [1.54, 1.807) is 4.90 Å². The number of alkyl halides is 6. The Bertz CT molecular complexity index is 688. The molecule has 0 bridgehead atoms. The SMILES string of the molecule is CN(C)C(=O)C1CCN(C2CCN(CC3CCC3)CC2)CC1.O=C(O)C(F)(F)F.O=C(O)C(F)(F)F. The first-order chi connectivity index (χ1) is 16.5. The van der Waals surface area contributed by atoms with Gasteiger partial charge in [-0.15, -0.1) is 0 Å². The molecule has 2 saturated heterocycles. The minimum Gasteiger partial charge on any atom is -0.475 e. The Labute approximate surface area is 206 Å². The maximum absolute atomic E-state index is 12.1. The van der Waals surface area contributed by atoms with Gasteiger partial charge in [-0.05, 0) is 70.6 Å². The second-order valence-corrected chi connectivity index (χ2v) is 9.48. The quantitative estimate of drug-likeness (QED) is 0.533. The molecular weight excluding hydrogens is 500 g/mol. The summed E-state index contributed by atoms with van der Waals surface area (Å²) < 4.78 is 63.5. The van der Waals surface area contributed by atoms with Crippen molar-refractivity contribution < 1.29 is 50.9 Å². The molecule has 1 amide bonds. The second-order valence-electron chi connectivity index (χ2n) is 9.48. The van der Waals surface area contributed by atoms with Crippen LogP contribution in [-0.4, -0.2) is 108 Å². The number of hydrogen-bond donors (Lipinski definition) is 2. The van der Waals surface area contributed by atoms with Crippen molar-refractivity contribution in [3.05, 3.63) is 0 Å². The van der Waals surface area contributed by atoms with Crippen LogP contribution in [0, 0.1) is 11.8 Å². The zero-order valence-electron chi connectivity index (χ0n) is 20.4. The molecule has 3 rings (SSSR count). The normalized spacial score (nSPS) is 20.8. The summed E-state index contributed by atoms with van der Waals surface area (Å²) in [5.41, 5.74) is 0. The predicted molar refractivity (Wildman–Crippen MR) is 117 cm³/mol. The smallest absolute Gasteiger partial charge is 0.475 e. The highest BCUT2D eigenvalue weighted by atomic mass is 19.4. The Morgan fingerprint density at radius 3 is 1.50 bits per heavy atom. The number of rotatable bonds is 4. The molecule has 0 aromatic heterocycles. The van der Waals surface area contributed by atoms with Crippen molar-refractivity contribution in [2.45, 2.75) is 63.3 Å². The molecule has 2 aliphatic heterocycles. The van der Waals surface area contributed by atoms with Gasteiger partial charge in [0.2, 0.25) is 5.91 Å². The van der Waals surface area contributed by atoms with Gasteiger partial charge in [-0.25, -0.2) is 9.59 Å². The van der Waals surface area contributed by atoms with Crippen molar-refractivity contribution in [3.63, 3.8) is 0 Å². The lowest BCUT2D eigenvalue weighted by atomic mass is 9.84. The zero-order chi connectivity index (χ0) is 27.7. The van der Waals surface area contributed by atoms with Crippen molar-refractivity contribution in [2.24, 2.45) is 11.8 Å². The van der Waals surface area contributed by atoms with E-state index in [0.717, 1.165) is 37.9 Å². The first-order valence-electron chi connectivity index (χ1n) is 11.8. The van der Waals surface area contributed by atoms with E-state index in [4.69, 9.17) is 19.8 Å². The molecule has 210 valence electrons. The first-order valence-corrected chi connectivity index (χ1v) is 11.8. The van der Waals surface area contributed by atoms with Crippen LogP contribution in [-0.2, 0) is 14.4 Å². The summed E-state index contributed by atoms with van der Waals surface area (Å²) in [7, 11) is 3.76. The molecule has 14 heteroatoms. The van der Waals surface area contributed by atoms with E-state index in [-0.39, 0.29) is 5.92 Å². The first kappa shape index (κ1) is 31.9. The van der Waals surface area contributed by atoms with E-state index >= 15 is 0 Å². The lowest BCUT2D eigenvalue weighted by Gasteiger charge is -2.43. The number of hydrogen-bond acceptors (Lipinski definition) is 5. The minimum atomic E-state index is -5.08. The van der Waals surface area contributed by atoms with Crippen LogP contribution < -0.4 is 0 Å². The number of aliphatic carboxylic acids is 2. The highest BCUT2D eigenvalue weighted by Gasteiger charge is 2.39. The summed E-state index contributed by atoms with van der Waals surface area (Å²) in [4.78, 5) is 37.0. The third-order valence-electron chi connectivity index (χ3n) is 6.62. The van der Waals surface area contributed by atoms with E-state index in [0.29, 0.717) is 5.91 Å². The summed E-state index contributed by atoms with van der Waals surface area (Å²) in [5.74, 6) is -3.91. The fourth-order valence-electron chi connectivity index (χ4n) is 4.38. The number of piperidine rings is 2. The molecular formula is C22H35F6N3O5. The summed E-state index contributed by atoms with van der Waals surface area (Å²) in [5, 5.41) is 14.2. The number of carbonyl (C=O) groups is 3. The number of likely N-dealkylation sites (tertiary alicyclic amines) is 2. The molecule has 1 saturated carbocycles. The van der Waals surface area contributed by atoms with Crippen LogP contribution in [0.25, 0.3) is 0 Å². The predicted octanol–water partition coefficient (Wildman–Crippen LogP) is 3.32. The van der Waals surface area contributed by atoms with Gasteiger partial charge in [0.25, 0.3) is 0 Å². The van der Waals surface area contributed by atoms with E-state index in [1.807, 2.05) is 14.1 Å². The molecule has 36 heavy (non-hydrogen) atoms. The molecule has 0 spiro atoms. The summed E-state index contributed by atoms with van der Waals surface area (Å²) in [6.45, 7) is 6.18. The van der Waals surface area contributed by atoms with E-state index in [9.17, 15) is 31.1 Å². The molecule has 0 unspecified atom stereocenters. The van der Waals surface area contributed by atoms with Gasteiger partial charge in [0.05, 0.1) is 0 Å². The Morgan fingerprint density at radius 1 is 0.778 bits per heavy atom. The number of carboxylic acids is 2. The van der Waals surface area contributed by atoms with Crippen LogP contribution in [0.4, 0.5) is 26.3 Å². The average molecular weight is 536 g/mol. The van der Waals surface area contributed by atoms with Gasteiger partial charge >= 0.3 is 24.3 Å². The highest BCUT2D eigenvalue weighted by molar-refractivity contribution is 5.78. The van der Waals surface area contributed by atoms with Crippen LogP contribution in [0.15, 0.2) is 0 Å². The number of amides is 1. The maximum atomic E-state index is 12.1. The maximum Gasteiger partial charge on any atom is 0.490 e. The fourth-order valence-corrected chi connectivity index (χ4v) is 4.38. The third kappa shape index (κ3) is 11.3. The third-order valence-corrected chi connectivity index (χ3v) is 6.62. The van der Waals surface area contributed by atoms with E-state index in [1.165, 1.54) is 51.7 Å². The topological polar surface area (TPSA) is 101 Å². The molecule has 0 radical (unpaired) electrons. The lowest BCUT2D eigenvalue weighted by molar-refractivity contribution is -0.193. The van der Waals surface area contributed by atoms with Crippen molar-refractivity contribution in [2.75, 3.05) is 46.8 Å². The van der Waals surface area contributed by atoms with Crippen LogP contribution >= 0.6 is 0 Å². The zero-order valence-corrected chi connectivity index (χ0v) is 20.4. The fraction of sp³-hybridized carbons (Fsp3) is 0.864. The molecule has 2 N–H and O–H groups in total. The Kier molecular flexibility index (Phi) is 12.4. The van der Waals surface area contributed by atoms with Crippen LogP contribution in [0.2, 0.25) is 0 Å². The molecule has 0 atom stereocenters. The molecule has 3 fully saturated rings. The largest absolute Gasteiger partial charge is 0.490 e. The Balaban J connectivity index is 0.000000383. The van der Waals surface area contributed by atoms with E-state index in [2.05, 4.69) is 9.80 Å². The van der Waals surface area contributed by atoms with Crippen molar-refractivity contribution >= 4 is 17.8 Å². The van der Waals surface area contributed by atoms with Gasteiger partial charge in [0.15, 0.2) is 0 Å². The van der Waals surface area contributed by atoms with Gasteiger partial charge in [0.1, 0.15) is 0 Å². The van der Waals surface area contributed by atoms with Gasteiger partial charge in [-0.1, -0.05) is 6.42 Å². The van der Waals surface area contributed by atoms with Gasteiger partial charge in [-0.3, -0.25) is 4.79 Å². The van der Waals surface area contributed by atoms with Crippen molar-refractivity contribution in [1.82, 2.24) is 14.7 Å². The van der Waals surface area contributed by atoms with Crippen LogP contribution in [0.5, 0.6) is 0 Å². The standard InChI is InChI=1S/C18H33N3O.2C2HF3O2/c1-19(2)18(22)16-6-12-21(13-7-16)17-8-10-20(11-9-17)14-15-4-3-5-15;2*3-2(4,5)1(6)7/h15-17H,3-14H2,1-2H3;2*(H,6,7). The number of halogens is 6. The Morgan fingerprint density at radius 2 is 1.19 bits per heavy atom. The molecule has 8 nitrogen and oxygen atoms in total. The van der Waals surface area contributed by atoms with Crippen molar-refractivity contribution in [3.8, 4) is 0 Å². The van der Waals surface area contributed by atoms with E-state index < -0.39 is 24.3 Å². The van der Waals surface area contributed by atoms with Crippen LogP contribution in [0.1, 0.15) is 44.9 Å². The number of nitrogens with zero attached hydrogens (tertiary/aromatic N) is 3. The summed E-state index contributed by atoms with van der Waals surface area (Å²) in [6.07, 6.45) is -1.00. The van der Waals surface area contributed by atoms with Gasteiger partial charge in [0, 0.05) is 32.6 Å². The molecule has 0 aromatic carbocycles. The molecule has 0 aromatic rings. The molecule has 1 aliphatic carbocycles. The molecule has 3 aliphatic rings. The monoisotopic (exact) mass is 535 g/mol. The number of carbonyl (C=O) groups excluding carboxylic acids is 1. The second kappa shape index (κ2) is 14.0. The minimum absolute atomic E-state index is 0.268. The Hall–Kier alpha value is -2.09. The summed E-state index contributed by atoms with van der Waals surface area (Å²) in [6, 6.07) is 0.771. The van der Waals surface area contributed by atoms with Crippen molar-refractivity contribution in [1.29, 1.82) is 0 Å². The van der Waals surface area contributed by atoms with Gasteiger partial charge < -0.3 is 24.9 Å². The lowest BCUT2D eigenvalue weighted by Crippen LogP contribution is -2.49. The van der Waals surface area contributed by atoms with Gasteiger partial charge in [-0.2, -0.15) is 26.3 Å². The number of carboxylic acid groups (broad SMARTS) is 2. The summed E-state index contributed by atoms with van der Waals surface area (Å²) >= 11 is 0.